The minimum Gasteiger partial charge on any atom is -0.323 e. The van der Waals surface area contributed by atoms with Crippen LogP contribution in [0.1, 0.15) is 5.69 Å². The Balaban J connectivity index is 2.49. The van der Waals surface area contributed by atoms with Crippen LogP contribution in [0.25, 0.3) is 10.9 Å². The Morgan fingerprint density at radius 3 is 2.76 bits per heavy atom. The number of rotatable bonds is 2. The van der Waals surface area contributed by atoms with Gasteiger partial charge in [-0.3, -0.25) is 9.78 Å². The van der Waals surface area contributed by atoms with Crippen molar-refractivity contribution in [2.75, 3.05) is 5.32 Å². The number of nitrogens with zero attached hydrogens (tertiary/aromatic N) is 1. The summed E-state index contributed by atoms with van der Waals surface area (Å²) in [5, 5.41) is 3.54. The van der Waals surface area contributed by atoms with Crippen LogP contribution < -0.4 is 5.32 Å². The minimum absolute atomic E-state index is 0.441. The van der Waals surface area contributed by atoms with Crippen LogP contribution in [-0.4, -0.2) is 15.7 Å². The van der Waals surface area contributed by atoms with Gasteiger partial charge in [-0.15, -0.1) is 0 Å². The van der Waals surface area contributed by atoms with E-state index in [9.17, 15) is 4.79 Å². The zero-order valence-electron chi connectivity index (χ0n) is 9.08. The molecule has 0 radical (unpaired) electrons. The van der Waals surface area contributed by atoms with E-state index in [4.69, 9.17) is 23.2 Å². The van der Waals surface area contributed by atoms with Crippen molar-refractivity contribution in [2.24, 2.45) is 0 Å². The Kier molecular flexibility index (Phi) is 3.50. The Morgan fingerprint density at radius 2 is 2.06 bits per heavy atom. The highest BCUT2D eigenvalue weighted by Crippen LogP contribution is 2.23. The number of anilines is 1. The van der Waals surface area contributed by atoms with E-state index in [-0.39, 0.29) is 0 Å². The van der Waals surface area contributed by atoms with E-state index >= 15 is 0 Å². The van der Waals surface area contributed by atoms with E-state index in [0.29, 0.717) is 5.69 Å². The molecule has 0 spiro atoms. The minimum atomic E-state index is -1.08. The van der Waals surface area contributed by atoms with Crippen LogP contribution in [0.3, 0.4) is 0 Å². The van der Waals surface area contributed by atoms with Crippen molar-refractivity contribution in [1.29, 1.82) is 0 Å². The summed E-state index contributed by atoms with van der Waals surface area (Å²) in [6, 6.07) is 9.34. The van der Waals surface area contributed by atoms with Gasteiger partial charge in [-0.05, 0) is 19.1 Å². The lowest BCUT2D eigenvalue weighted by Crippen LogP contribution is -2.18. The summed E-state index contributed by atoms with van der Waals surface area (Å²) in [6.07, 6.45) is 0. The molecule has 1 amide bonds. The smallest absolute Gasteiger partial charge is 0.257 e. The van der Waals surface area contributed by atoms with Crippen LogP contribution in [0.5, 0.6) is 0 Å². The van der Waals surface area contributed by atoms with Crippen LogP contribution in [0.4, 0.5) is 5.69 Å². The summed E-state index contributed by atoms with van der Waals surface area (Å²) in [4.78, 5) is 14.8. The molecule has 0 unspecified atom stereocenters. The van der Waals surface area contributed by atoms with Gasteiger partial charge in [-0.2, -0.15) is 0 Å². The first-order chi connectivity index (χ1) is 8.08. The highest BCUT2D eigenvalue weighted by molar-refractivity contribution is 6.54. The van der Waals surface area contributed by atoms with Crippen molar-refractivity contribution in [3.63, 3.8) is 0 Å². The van der Waals surface area contributed by atoms with Crippen molar-refractivity contribution < 1.29 is 4.79 Å². The normalized spacial score (nSPS) is 10.8. The van der Waals surface area contributed by atoms with Gasteiger partial charge in [0.25, 0.3) is 5.91 Å². The average molecular weight is 269 g/mol. The van der Waals surface area contributed by atoms with E-state index in [0.717, 1.165) is 16.6 Å². The van der Waals surface area contributed by atoms with Crippen LogP contribution in [-0.2, 0) is 4.79 Å². The van der Waals surface area contributed by atoms with Gasteiger partial charge in [-0.1, -0.05) is 41.4 Å². The molecular formula is C12H10Cl2N2O. The number of hydrogen-bond acceptors (Lipinski definition) is 2. The van der Waals surface area contributed by atoms with Crippen LogP contribution in [0, 0.1) is 6.92 Å². The third kappa shape index (κ3) is 2.68. The fourth-order valence-electron chi connectivity index (χ4n) is 1.60. The summed E-state index contributed by atoms with van der Waals surface area (Å²) in [5.74, 6) is -0.441. The molecule has 1 heterocycles. The predicted octanol–water partition coefficient (Wildman–Crippen LogP) is 3.29. The van der Waals surface area contributed by atoms with Crippen LogP contribution in [0.15, 0.2) is 30.3 Å². The maximum atomic E-state index is 11.5. The van der Waals surface area contributed by atoms with Gasteiger partial charge in [0.2, 0.25) is 0 Å². The van der Waals surface area contributed by atoms with Crippen molar-refractivity contribution >= 4 is 45.7 Å². The van der Waals surface area contributed by atoms with E-state index < -0.39 is 10.7 Å². The molecule has 0 saturated carbocycles. The van der Waals surface area contributed by atoms with Gasteiger partial charge in [0.1, 0.15) is 0 Å². The number of pyridine rings is 1. The predicted molar refractivity (Wildman–Crippen MR) is 70.6 cm³/mol. The molecule has 0 atom stereocenters. The molecule has 0 aliphatic heterocycles. The number of carbonyl (C=O) groups is 1. The largest absolute Gasteiger partial charge is 0.323 e. The van der Waals surface area contributed by atoms with Gasteiger partial charge in [0.15, 0.2) is 4.84 Å². The molecular weight excluding hydrogens is 259 g/mol. The highest BCUT2D eigenvalue weighted by atomic mass is 35.5. The second kappa shape index (κ2) is 4.90. The van der Waals surface area contributed by atoms with Crippen molar-refractivity contribution in [3.8, 4) is 0 Å². The molecule has 1 N–H and O–H groups in total. The number of amides is 1. The van der Waals surface area contributed by atoms with Crippen molar-refractivity contribution in [2.45, 2.75) is 11.8 Å². The lowest BCUT2D eigenvalue weighted by atomic mass is 10.1. The molecule has 0 aliphatic carbocycles. The number of para-hydroxylation sites is 1. The van der Waals surface area contributed by atoms with E-state index in [2.05, 4.69) is 10.3 Å². The number of fused-ring (bicyclic) bond motifs is 1. The molecule has 0 aliphatic rings. The standard InChI is InChI=1S/C12H10Cl2N2O/c1-7-6-10(16-12(17)11(13)14)8-4-2-3-5-9(8)15-7/h2-6,11H,1H3,(H,15,16,17). The van der Waals surface area contributed by atoms with Crippen LogP contribution in [0.2, 0.25) is 0 Å². The number of benzene rings is 1. The lowest BCUT2D eigenvalue weighted by molar-refractivity contribution is -0.114. The van der Waals surface area contributed by atoms with Crippen molar-refractivity contribution in [3.05, 3.63) is 36.0 Å². The molecule has 0 fully saturated rings. The first-order valence-corrected chi connectivity index (χ1v) is 5.90. The Bertz CT molecular complexity index is 569. The van der Waals surface area contributed by atoms with Gasteiger partial charge in [0, 0.05) is 11.1 Å². The zero-order chi connectivity index (χ0) is 12.4. The fraction of sp³-hybridized carbons (Fsp3) is 0.167. The second-order valence-electron chi connectivity index (χ2n) is 3.62. The molecule has 1 aromatic heterocycles. The van der Waals surface area contributed by atoms with Gasteiger partial charge in [-0.25, -0.2) is 0 Å². The van der Waals surface area contributed by atoms with E-state index in [1.165, 1.54) is 0 Å². The first-order valence-electron chi connectivity index (χ1n) is 5.03. The van der Waals surface area contributed by atoms with Crippen LogP contribution >= 0.6 is 23.2 Å². The highest BCUT2D eigenvalue weighted by Gasteiger charge is 2.13. The number of alkyl halides is 2. The molecule has 2 rings (SSSR count). The molecule has 0 bridgehead atoms. The Morgan fingerprint density at radius 1 is 1.35 bits per heavy atom. The summed E-state index contributed by atoms with van der Waals surface area (Å²) in [7, 11) is 0. The Hall–Kier alpha value is -1.32. The molecule has 1 aromatic carbocycles. The van der Waals surface area contributed by atoms with Crippen molar-refractivity contribution in [1.82, 2.24) is 4.98 Å². The Labute approximate surface area is 109 Å². The van der Waals surface area contributed by atoms with Gasteiger partial charge in [0.05, 0.1) is 11.2 Å². The first kappa shape index (κ1) is 12.1. The SMILES string of the molecule is Cc1cc(NC(=O)C(Cl)Cl)c2ccccc2n1. The third-order valence-electron chi connectivity index (χ3n) is 2.30. The maximum Gasteiger partial charge on any atom is 0.257 e. The summed E-state index contributed by atoms with van der Waals surface area (Å²) < 4.78 is 0. The quantitative estimate of drug-likeness (QED) is 0.850. The summed E-state index contributed by atoms with van der Waals surface area (Å²) in [6.45, 7) is 1.86. The molecule has 88 valence electrons. The molecule has 3 nitrogen and oxygen atoms in total. The molecule has 5 heteroatoms. The monoisotopic (exact) mass is 268 g/mol. The fourth-order valence-corrected chi connectivity index (χ4v) is 1.71. The number of hydrogen-bond donors (Lipinski definition) is 1. The average Bonchev–Trinajstić information content (AvgIpc) is 2.28. The number of halogens is 2. The zero-order valence-corrected chi connectivity index (χ0v) is 10.6. The summed E-state index contributed by atoms with van der Waals surface area (Å²) in [5.41, 5.74) is 2.31. The third-order valence-corrected chi connectivity index (χ3v) is 2.70. The second-order valence-corrected chi connectivity index (χ2v) is 4.71. The molecule has 17 heavy (non-hydrogen) atoms. The van der Waals surface area contributed by atoms with Gasteiger partial charge < -0.3 is 5.32 Å². The number of aromatic nitrogens is 1. The van der Waals surface area contributed by atoms with E-state index in [1.807, 2.05) is 31.2 Å². The summed E-state index contributed by atoms with van der Waals surface area (Å²) >= 11 is 11.0. The lowest BCUT2D eigenvalue weighted by Gasteiger charge is -2.09. The number of carbonyl (C=O) groups excluding carboxylic acids is 1. The number of nitrogens with one attached hydrogen (secondary N) is 1. The molecule has 0 saturated heterocycles. The topological polar surface area (TPSA) is 42.0 Å². The van der Waals surface area contributed by atoms with Gasteiger partial charge >= 0.3 is 0 Å². The maximum absolute atomic E-state index is 11.5. The number of aryl methyl sites for hydroxylation is 1. The molecule has 2 aromatic rings. The van der Waals surface area contributed by atoms with E-state index in [1.54, 1.807) is 6.07 Å².